The van der Waals surface area contributed by atoms with Crippen molar-refractivity contribution < 1.29 is 50.0 Å². The van der Waals surface area contributed by atoms with Gasteiger partial charge in [0.15, 0.2) is 12.6 Å². The van der Waals surface area contributed by atoms with Gasteiger partial charge >= 0.3 is 0 Å². The van der Waals surface area contributed by atoms with Gasteiger partial charge in [-0.25, -0.2) is 0 Å². The summed E-state index contributed by atoms with van der Waals surface area (Å²) in [6.07, 6.45) is -13.1. The van der Waals surface area contributed by atoms with E-state index < -0.39 is 55.3 Å². The lowest BCUT2D eigenvalue weighted by molar-refractivity contribution is -0.312. The number of ether oxygens (including phenoxy) is 3. The number of aliphatic hydroxyl groups excluding tert-OH is 7. The van der Waals surface area contributed by atoms with Crippen LogP contribution in [-0.4, -0.2) is 104 Å². The Morgan fingerprint density at radius 3 is 2.14 bits per heavy atom. The molecule has 2 aliphatic rings. The summed E-state index contributed by atoms with van der Waals surface area (Å²) in [5.41, 5.74) is 0. The summed E-state index contributed by atoms with van der Waals surface area (Å²) in [6, 6.07) is 0. The Kier molecular flexibility index (Phi) is 5.48. The van der Waals surface area contributed by atoms with Crippen LogP contribution in [0.1, 0.15) is 0 Å². The van der Waals surface area contributed by atoms with E-state index in [1.165, 1.54) is 0 Å². The zero-order valence-electron chi connectivity index (χ0n) is 11.0. The minimum atomic E-state index is -1.69. The summed E-state index contributed by atoms with van der Waals surface area (Å²) in [5, 5.41) is 66.2. The van der Waals surface area contributed by atoms with Gasteiger partial charge in [-0.2, -0.15) is 0 Å². The molecule has 0 saturated carbocycles. The normalized spacial score (nSPS) is 51.9. The molecule has 0 aromatic rings. The highest BCUT2D eigenvalue weighted by Gasteiger charge is 2.44. The van der Waals surface area contributed by atoms with Gasteiger partial charge in [0.2, 0.25) is 0 Å². The maximum atomic E-state index is 9.70. The third kappa shape index (κ3) is 3.51. The predicted octanol–water partition coefficient (Wildman–Crippen LogP) is -4.76. The molecular formula is C11H20O10. The zero-order chi connectivity index (χ0) is 15.7. The molecule has 0 aromatic heterocycles. The molecule has 2 saturated heterocycles. The van der Waals surface area contributed by atoms with Crippen molar-refractivity contribution in [2.24, 2.45) is 0 Å². The highest BCUT2D eigenvalue weighted by molar-refractivity contribution is 4.89. The topological polar surface area (TPSA) is 169 Å². The highest BCUT2D eigenvalue weighted by Crippen LogP contribution is 2.22. The fourth-order valence-electron chi connectivity index (χ4n) is 2.18. The van der Waals surface area contributed by atoms with Crippen LogP contribution in [0.15, 0.2) is 0 Å². The Morgan fingerprint density at radius 1 is 0.810 bits per heavy atom. The van der Waals surface area contributed by atoms with E-state index in [-0.39, 0.29) is 13.2 Å². The standard InChI is InChI=1S/C11H20O10/c12-3-1-19-11(9(17)5(3)13)20-2-4-6(14)7(15)8(16)10(18)21-4/h3-18H,1-2H2/t3-,4-,5?,6-,7+,8-,9-,10?,11+/m1/s1. The average molecular weight is 312 g/mol. The number of aliphatic hydroxyl groups is 7. The van der Waals surface area contributed by atoms with Crippen molar-refractivity contribution in [2.45, 2.75) is 55.3 Å². The minimum Gasteiger partial charge on any atom is -0.388 e. The van der Waals surface area contributed by atoms with Crippen molar-refractivity contribution >= 4 is 0 Å². The first kappa shape index (κ1) is 17.0. The summed E-state index contributed by atoms with van der Waals surface area (Å²) in [4.78, 5) is 0. The van der Waals surface area contributed by atoms with Gasteiger partial charge in [0, 0.05) is 0 Å². The largest absolute Gasteiger partial charge is 0.388 e. The second-order valence-corrected chi connectivity index (χ2v) is 5.12. The summed E-state index contributed by atoms with van der Waals surface area (Å²) in [5.74, 6) is 0. The van der Waals surface area contributed by atoms with E-state index in [4.69, 9.17) is 14.2 Å². The molecule has 2 rings (SSSR count). The number of rotatable bonds is 3. The lowest BCUT2D eigenvalue weighted by atomic mass is 9.99. The first-order valence-corrected chi connectivity index (χ1v) is 6.48. The van der Waals surface area contributed by atoms with Crippen LogP contribution in [0, 0.1) is 0 Å². The monoisotopic (exact) mass is 312 g/mol. The molecule has 0 aromatic carbocycles. The maximum absolute atomic E-state index is 9.70. The Hall–Kier alpha value is -0.400. The first-order valence-electron chi connectivity index (χ1n) is 6.48. The summed E-state index contributed by atoms with van der Waals surface area (Å²) < 4.78 is 15.0. The molecule has 0 spiro atoms. The lowest BCUT2D eigenvalue weighted by Crippen LogP contribution is -2.59. The van der Waals surface area contributed by atoms with Crippen LogP contribution in [0.4, 0.5) is 0 Å². The van der Waals surface area contributed by atoms with E-state index in [0.29, 0.717) is 0 Å². The van der Waals surface area contributed by atoms with Crippen LogP contribution < -0.4 is 0 Å². The van der Waals surface area contributed by atoms with Gasteiger partial charge in [0.05, 0.1) is 13.2 Å². The fourth-order valence-corrected chi connectivity index (χ4v) is 2.18. The maximum Gasteiger partial charge on any atom is 0.186 e. The molecule has 0 amide bonds. The molecule has 2 fully saturated rings. The van der Waals surface area contributed by atoms with E-state index in [9.17, 15) is 35.7 Å². The Labute approximate surface area is 119 Å². The molecular weight excluding hydrogens is 292 g/mol. The van der Waals surface area contributed by atoms with Gasteiger partial charge in [0.25, 0.3) is 0 Å². The van der Waals surface area contributed by atoms with Crippen LogP contribution in [-0.2, 0) is 14.2 Å². The van der Waals surface area contributed by atoms with E-state index in [0.717, 1.165) is 0 Å². The lowest BCUT2D eigenvalue weighted by Gasteiger charge is -2.40. The molecule has 10 heteroatoms. The smallest absolute Gasteiger partial charge is 0.186 e. The zero-order valence-corrected chi connectivity index (χ0v) is 11.0. The highest BCUT2D eigenvalue weighted by atomic mass is 16.7. The van der Waals surface area contributed by atoms with Gasteiger partial charge in [-0.3, -0.25) is 0 Å². The Morgan fingerprint density at radius 2 is 1.48 bits per heavy atom. The quantitative estimate of drug-likeness (QED) is 0.268. The van der Waals surface area contributed by atoms with Crippen LogP contribution in [0.5, 0.6) is 0 Å². The van der Waals surface area contributed by atoms with Gasteiger partial charge < -0.3 is 50.0 Å². The van der Waals surface area contributed by atoms with Gasteiger partial charge in [-0.1, -0.05) is 0 Å². The SMILES string of the molecule is OC1[C@H](O)CO[C@@H](OC[C@H]2OC(O)[C@H](O)[C@@H](O)[C@@H]2O)[C@@H]1O. The molecule has 0 radical (unpaired) electrons. The molecule has 7 N–H and O–H groups in total. The molecule has 10 nitrogen and oxygen atoms in total. The van der Waals surface area contributed by atoms with Gasteiger partial charge in [-0.05, 0) is 0 Å². The predicted molar refractivity (Wildman–Crippen MR) is 62.6 cm³/mol. The molecule has 2 heterocycles. The van der Waals surface area contributed by atoms with Crippen molar-refractivity contribution in [2.75, 3.05) is 13.2 Å². The van der Waals surface area contributed by atoms with Gasteiger partial charge in [0.1, 0.15) is 42.7 Å². The third-order valence-electron chi connectivity index (χ3n) is 3.57. The fraction of sp³-hybridized carbons (Fsp3) is 1.00. The van der Waals surface area contributed by atoms with Crippen LogP contribution in [0.3, 0.4) is 0 Å². The summed E-state index contributed by atoms with van der Waals surface area (Å²) in [7, 11) is 0. The Bertz CT molecular complexity index is 341. The van der Waals surface area contributed by atoms with Crippen LogP contribution in [0.25, 0.3) is 0 Å². The van der Waals surface area contributed by atoms with Crippen LogP contribution >= 0.6 is 0 Å². The van der Waals surface area contributed by atoms with Crippen LogP contribution in [0.2, 0.25) is 0 Å². The molecule has 0 aliphatic carbocycles. The van der Waals surface area contributed by atoms with E-state index in [1.807, 2.05) is 0 Å². The molecule has 21 heavy (non-hydrogen) atoms. The summed E-state index contributed by atoms with van der Waals surface area (Å²) >= 11 is 0. The molecule has 2 unspecified atom stereocenters. The number of hydrogen-bond donors (Lipinski definition) is 7. The molecule has 124 valence electrons. The van der Waals surface area contributed by atoms with Crippen molar-refractivity contribution in [3.8, 4) is 0 Å². The molecule has 2 aliphatic heterocycles. The van der Waals surface area contributed by atoms with E-state index in [2.05, 4.69) is 0 Å². The van der Waals surface area contributed by atoms with Crippen molar-refractivity contribution in [3.05, 3.63) is 0 Å². The summed E-state index contributed by atoms with van der Waals surface area (Å²) in [6.45, 7) is -0.631. The van der Waals surface area contributed by atoms with Crippen molar-refractivity contribution in [1.82, 2.24) is 0 Å². The van der Waals surface area contributed by atoms with Gasteiger partial charge in [-0.15, -0.1) is 0 Å². The second-order valence-electron chi connectivity index (χ2n) is 5.12. The van der Waals surface area contributed by atoms with Crippen molar-refractivity contribution in [1.29, 1.82) is 0 Å². The number of hydrogen-bond acceptors (Lipinski definition) is 10. The average Bonchev–Trinajstić information content (AvgIpc) is 2.46. The van der Waals surface area contributed by atoms with E-state index >= 15 is 0 Å². The molecule has 9 atom stereocenters. The molecule has 0 bridgehead atoms. The van der Waals surface area contributed by atoms with Crippen molar-refractivity contribution in [3.63, 3.8) is 0 Å². The van der Waals surface area contributed by atoms with E-state index in [1.54, 1.807) is 0 Å². The minimum absolute atomic E-state index is 0.249. The first-order chi connectivity index (χ1) is 9.82. The Balaban J connectivity index is 1.88. The third-order valence-corrected chi connectivity index (χ3v) is 3.57. The second kappa shape index (κ2) is 6.79.